The molecule has 1 aliphatic rings. The van der Waals surface area contributed by atoms with Gasteiger partial charge in [-0.1, -0.05) is 49.4 Å². The van der Waals surface area contributed by atoms with Gasteiger partial charge in [-0.3, -0.25) is 0 Å². The van der Waals surface area contributed by atoms with Crippen molar-refractivity contribution in [2.75, 3.05) is 40.0 Å². The minimum Gasteiger partial charge on any atom is -0.724 e. The van der Waals surface area contributed by atoms with E-state index in [1.54, 1.807) is 6.07 Å². The minimum atomic E-state index is -0.293. The van der Waals surface area contributed by atoms with Crippen LogP contribution in [-0.2, 0) is 16.2 Å². The van der Waals surface area contributed by atoms with E-state index in [0.717, 1.165) is 36.7 Å². The van der Waals surface area contributed by atoms with Crippen molar-refractivity contribution in [3.63, 3.8) is 0 Å². The van der Waals surface area contributed by atoms with Crippen LogP contribution < -0.4 is 9.99 Å². The predicted molar refractivity (Wildman–Crippen MR) is 128 cm³/mol. The number of rotatable bonds is 9. The second-order valence-electron chi connectivity index (χ2n) is 8.67. The third-order valence-electron chi connectivity index (χ3n) is 6.06. The summed E-state index contributed by atoms with van der Waals surface area (Å²) in [5.41, 5.74) is 2.90. The van der Waals surface area contributed by atoms with Gasteiger partial charge in [0.15, 0.2) is 0 Å². The van der Waals surface area contributed by atoms with Crippen LogP contribution in [0.3, 0.4) is 0 Å². The van der Waals surface area contributed by atoms with Crippen molar-refractivity contribution < 1.29 is 28.9 Å². The van der Waals surface area contributed by atoms with E-state index in [1.807, 2.05) is 26.0 Å². The summed E-state index contributed by atoms with van der Waals surface area (Å²) in [6.45, 7) is 9.41. The van der Waals surface area contributed by atoms with Crippen molar-refractivity contribution in [1.82, 2.24) is 0 Å². The molecule has 0 aliphatic carbocycles. The Balaban J connectivity index is 0.00000122. The molecule has 0 saturated carbocycles. The highest BCUT2D eigenvalue weighted by Crippen LogP contribution is 2.26. The second-order valence-corrected chi connectivity index (χ2v) is 8.67. The van der Waals surface area contributed by atoms with Gasteiger partial charge >= 0.3 is 5.97 Å². The Hall–Kier alpha value is -2.41. The highest BCUT2D eigenvalue weighted by Gasteiger charge is 2.29. The Morgan fingerprint density at radius 1 is 0.970 bits per heavy atom. The zero-order chi connectivity index (χ0) is 23.9. The maximum absolute atomic E-state index is 12.5. The first-order valence-corrected chi connectivity index (χ1v) is 12.0. The van der Waals surface area contributed by atoms with Crippen molar-refractivity contribution in [3.05, 3.63) is 65.2 Å². The molecule has 0 spiro atoms. The van der Waals surface area contributed by atoms with Gasteiger partial charge in [0.1, 0.15) is 31.0 Å². The summed E-state index contributed by atoms with van der Waals surface area (Å²) in [6, 6.07) is 16.5. The zero-order valence-electron chi connectivity index (χ0n) is 20.4. The van der Waals surface area contributed by atoms with Crippen molar-refractivity contribution in [1.29, 1.82) is 0 Å². The van der Waals surface area contributed by atoms with Gasteiger partial charge in [0.25, 0.3) is 0 Å². The Bertz CT molecular complexity index is 817. The lowest BCUT2D eigenvalue weighted by atomic mass is 10.1. The Morgan fingerprint density at radius 2 is 1.64 bits per heavy atom. The molecule has 6 heteroatoms. The normalized spacial score (nSPS) is 15.0. The summed E-state index contributed by atoms with van der Waals surface area (Å²) < 4.78 is 12.7. The van der Waals surface area contributed by atoms with Gasteiger partial charge in [0, 0.05) is 12.7 Å². The molecule has 0 bridgehead atoms. The zero-order valence-corrected chi connectivity index (χ0v) is 20.4. The van der Waals surface area contributed by atoms with Crippen molar-refractivity contribution in [2.24, 2.45) is 0 Å². The number of carbonyl (C=O) groups excluding carboxylic acids is 1. The maximum atomic E-state index is 12.5. The van der Waals surface area contributed by atoms with Gasteiger partial charge < -0.3 is 24.1 Å². The number of hydrogen-bond acceptors (Lipinski definition) is 5. The second kappa shape index (κ2) is 14.7. The number of likely N-dealkylation sites (tertiary alicyclic amines) is 1. The molecule has 182 valence electrons. The van der Waals surface area contributed by atoms with Gasteiger partial charge in [0.05, 0.1) is 19.7 Å². The predicted octanol–water partition coefficient (Wildman–Crippen LogP) is 4.44. The van der Waals surface area contributed by atoms with Gasteiger partial charge in [-0.2, -0.15) is 0 Å². The molecular weight excluding hydrogens is 418 g/mol. The lowest BCUT2D eigenvalue weighted by molar-refractivity contribution is -0.940. The van der Waals surface area contributed by atoms with Crippen molar-refractivity contribution in [3.8, 4) is 5.75 Å². The molecule has 2 aromatic carbocycles. The lowest BCUT2D eigenvalue weighted by Gasteiger charge is -2.38. The van der Waals surface area contributed by atoms with Crippen LogP contribution in [0.2, 0.25) is 0 Å². The molecule has 0 radical (unpaired) electrons. The topological polar surface area (TPSA) is 67.8 Å². The molecule has 0 N–H and O–H groups in total. The van der Waals surface area contributed by atoms with Crippen molar-refractivity contribution >= 4 is 5.97 Å². The average Bonchev–Trinajstić information content (AvgIpc) is 3.05. The third kappa shape index (κ3) is 8.80. The van der Waals surface area contributed by atoms with E-state index < -0.39 is 0 Å². The van der Waals surface area contributed by atoms with Crippen LogP contribution in [0, 0.1) is 6.92 Å². The number of ether oxygens (including phenoxy) is 2. The Labute approximate surface area is 198 Å². The maximum Gasteiger partial charge on any atom is 0.341 e. The average molecular weight is 458 g/mol. The molecule has 0 amide bonds. The fourth-order valence-electron chi connectivity index (χ4n) is 4.41. The van der Waals surface area contributed by atoms with Gasteiger partial charge in [0.2, 0.25) is 0 Å². The summed E-state index contributed by atoms with van der Waals surface area (Å²) >= 11 is 0. The third-order valence-corrected chi connectivity index (χ3v) is 6.06. The van der Waals surface area contributed by atoms with E-state index >= 15 is 0 Å². The molecule has 3 rings (SSSR count). The fraction of sp³-hybridized carbons (Fsp3) is 0.519. The van der Waals surface area contributed by atoms with E-state index in [9.17, 15) is 4.79 Å². The SMILES string of the molecule is CCCOC(=O)c1cccc(C)c1OCC[N+]1(Cc2ccccc2)CCCCCC1.CO[O-]. The Morgan fingerprint density at radius 3 is 2.27 bits per heavy atom. The summed E-state index contributed by atoms with van der Waals surface area (Å²) in [7, 11) is 1.07. The largest absolute Gasteiger partial charge is 0.724 e. The molecule has 0 atom stereocenters. The van der Waals surface area contributed by atoms with Crippen LogP contribution in [-0.4, -0.2) is 50.4 Å². The molecule has 33 heavy (non-hydrogen) atoms. The van der Waals surface area contributed by atoms with Crippen LogP contribution in [0.15, 0.2) is 48.5 Å². The number of carbonyl (C=O) groups is 1. The van der Waals surface area contributed by atoms with E-state index in [2.05, 4.69) is 35.2 Å². The van der Waals surface area contributed by atoms with Crippen LogP contribution >= 0.6 is 0 Å². The quantitative estimate of drug-likeness (QED) is 0.241. The highest BCUT2D eigenvalue weighted by molar-refractivity contribution is 5.93. The smallest absolute Gasteiger partial charge is 0.341 e. The summed E-state index contributed by atoms with van der Waals surface area (Å²) in [5, 5.41) is 8.43. The number of benzene rings is 2. The Kier molecular flexibility index (Phi) is 11.9. The molecule has 6 nitrogen and oxygen atoms in total. The van der Waals surface area contributed by atoms with Crippen LogP contribution in [0.25, 0.3) is 0 Å². The molecule has 1 aliphatic heterocycles. The van der Waals surface area contributed by atoms with E-state index in [-0.39, 0.29) is 5.97 Å². The van der Waals surface area contributed by atoms with E-state index in [4.69, 9.17) is 14.7 Å². The first-order valence-electron chi connectivity index (χ1n) is 12.0. The fourth-order valence-corrected chi connectivity index (χ4v) is 4.41. The number of para-hydroxylation sites is 1. The number of esters is 1. The molecule has 2 aromatic rings. The van der Waals surface area contributed by atoms with E-state index in [0.29, 0.717) is 24.5 Å². The van der Waals surface area contributed by atoms with Crippen LogP contribution in [0.1, 0.15) is 60.5 Å². The van der Waals surface area contributed by atoms with Crippen molar-refractivity contribution in [2.45, 2.75) is 52.5 Å². The number of quaternary nitrogens is 1. The first kappa shape index (κ1) is 26.8. The first-order chi connectivity index (χ1) is 16.0. The number of aryl methyl sites for hydroxylation is 1. The van der Waals surface area contributed by atoms with Gasteiger partial charge in [-0.15, -0.1) is 0 Å². The summed E-state index contributed by atoms with van der Waals surface area (Å²) in [4.78, 5) is 15.5. The molecular formula is C27H39NO5. The number of nitrogens with zero attached hydrogens (tertiary/aromatic N) is 1. The molecule has 1 saturated heterocycles. The molecule has 1 heterocycles. The highest BCUT2D eigenvalue weighted by atomic mass is 17.1. The van der Waals surface area contributed by atoms with Gasteiger partial charge in [-0.25, -0.2) is 4.79 Å². The monoisotopic (exact) mass is 457 g/mol. The number of hydrogen-bond donors (Lipinski definition) is 0. The molecule has 1 fully saturated rings. The van der Waals surface area contributed by atoms with Crippen LogP contribution in [0.5, 0.6) is 5.75 Å². The molecule has 0 aromatic heterocycles. The minimum absolute atomic E-state index is 0.293. The van der Waals surface area contributed by atoms with E-state index in [1.165, 1.54) is 44.3 Å². The summed E-state index contributed by atoms with van der Waals surface area (Å²) in [5.74, 6) is 0.379. The summed E-state index contributed by atoms with van der Waals surface area (Å²) in [6.07, 6.45) is 5.99. The molecule has 0 unspecified atom stereocenters. The van der Waals surface area contributed by atoms with Crippen LogP contribution in [0.4, 0.5) is 0 Å². The standard InChI is InChI=1S/C26H36NO3.CH4O2/c1-3-19-30-26(28)24-15-11-12-22(2)25(24)29-20-18-27(16-9-4-5-10-17-27)21-23-13-7-6-8-14-23;1-3-2/h6-8,11-15H,3-5,9-10,16-21H2,1-2H3;2H,1H3/q+1;/p-1. The lowest BCUT2D eigenvalue weighted by Crippen LogP contribution is -2.50. The van der Waals surface area contributed by atoms with Gasteiger partial charge in [-0.05, 0) is 50.7 Å².